The Morgan fingerprint density at radius 3 is 1.83 bits per heavy atom. The van der Waals surface area contributed by atoms with E-state index < -0.39 is 32.2 Å². The molecule has 2 rings (SSSR count). The third kappa shape index (κ3) is 7.61. The van der Waals surface area contributed by atoms with E-state index in [0.717, 1.165) is 10.3 Å². The first-order valence-corrected chi connectivity index (χ1v) is 14.4. The highest BCUT2D eigenvalue weighted by Crippen LogP contribution is 2.69. The average Bonchev–Trinajstić information content (AvgIpc) is 2.82. The quantitative estimate of drug-likeness (QED) is 0.339. The van der Waals surface area contributed by atoms with Gasteiger partial charge in [0.15, 0.2) is 0 Å². The molecule has 0 aliphatic heterocycles. The first-order valence-electron chi connectivity index (χ1n) is 11.2. The number of nitrogens with zero attached hydrogens (tertiary/aromatic N) is 1. The monoisotopic (exact) mass is 530 g/mol. The number of hydrogen-bond donors (Lipinski definition) is 1. The number of rotatable bonds is 15. The Balaban J connectivity index is 2.47. The van der Waals surface area contributed by atoms with Gasteiger partial charge in [-0.15, -0.1) is 4.73 Å². The number of aromatic nitrogens is 1. The van der Waals surface area contributed by atoms with Crippen molar-refractivity contribution < 1.29 is 36.9 Å². The van der Waals surface area contributed by atoms with Crippen molar-refractivity contribution in [1.82, 2.24) is 10.0 Å². The molecule has 35 heavy (non-hydrogen) atoms. The highest BCUT2D eigenvalue weighted by Gasteiger charge is 2.52. The van der Waals surface area contributed by atoms with Crippen molar-refractivity contribution in [3.63, 3.8) is 0 Å². The number of carbonyl (C=O) groups is 1. The second kappa shape index (κ2) is 13.7. The summed E-state index contributed by atoms with van der Waals surface area (Å²) in [6.45, 7) is 6.06. The zero-order valence-corrected chi connectivity index (χ0v) is 22.0. The Bertz CT molecular complexity index is 1060. The fraction of sp³-hybridized carbons (Fsp3) is 0.455. The first-order chi connectivity index (χ1) is 16.7. The molecule has 1 aromatic carbocycles. The summed E-state index contributed by atoms with van der Waals surface area (Å²) in [5.74, 6) is -0.917. The van der Waals surface area contributed by atoms with Gasteiger partial charge < -0.3 is 28.2 Å². The Labute approximate surface area is 204 Å². The van der Waals surface area contributed by atoms with Crippen LogP contribution in [0.3, 0.4) is 0 Å². The van der Waals surface area contributed by atoms with Crippen LogP contribution in [0.25, 0.3) is 0 Å². The minimum Gasteiger partial charge on any atom is -0.405 e. The fourth-order valence-electron chi connectivity index (χ4n) is 3.09. The smallest absolute Gasteiger partial charge is 0.365 e. The van der Waals surface area contributed by atoms with Crippen LogP contribution in [-0.2, 0) is 33.8 Å². The minimum absolute atomic E-state index is 0.00123. The number of hydrogen-bond acceptors (Lipinski definition) is 9. The Kier molecular flexibility index (Phi) is 11.4. The van der Waals surface area contributed by atoms with E-state index in [1.165, 1.54) is 18.2 Å². The topological polar surface area (TPSA) is 131 Å². The molecule has 2 aromatic rings. The normalized spacial score (nSPS) is 12.0. The van der Waals surface area contributed by atoms with Gasteiger partial charge in [-0.05, 0) is 39.3 Å². The largest absolute Gasteiger partial charge is 0.405 e. The minimum atomic E-state index is -4.25. The van der Waals surface area contributed by atoms with E-state index in [1.807, 2.05) is 18.2 Å². The third-order valence-electron chi connectivity index (χ3n) is 4.44. The van der Waals surface area contributed by atoms with Crippen LogP contribution < -0.4 is 15.7 Å². The molecule has 0 fully saturated rings. The van der Waals surface area contributed by atoms with E-state index >= 15 is 0 Å². The third-order valence-corrected chi connectivity index (χ3v) is 10.1. The summed E-state index contributed by atoms with van der Waals surface area (Å²) in [4.78, 5) is 31.4. The van der Waals surface area contributed by atoms with Gasteiger partial charge in [-0.3, -0.25) is 18.7 Å². The van der Waals surface area contributed by atoms with Crippen molar-refractivity contribution in [3.8, 4) is 0 Å². The lowest BCUT2D eigenvalue weighted by atomic mass is 10.2. The lowest BCUT2D eigenvalue weighted by molar-refractivity contribution is 0.0704. The van der Waals surface area contributed by atoms with Crippen molar-refractivity contribution >= 4 is 21.1 Å². The van der Waals surface area contributed by atoms with Crippen molar-refractivity contribution in [2.75, 3.05) is 26.4 Å². The Hall–Kier alpha value is -2.26. The van der Waals surface area contributed by atoms with Crippen molar-refractivity contribution in [3.05, 3.63) is 70.1 Å². The van der Waals surface area contributed by atoms with E-state index in [-0.39, 0.29) is 38.7 Å². The molecule has 0 atom stereocenters. The maximum absolute atomic E-state index is 13.6. The molecule has 11 nitrogen and oxygen atoms in total. The molecule has 13 heteroatoms. The van der Waals surface area contributed by atoms with Crippen LogP contribution in [0.5, 0.6) is 0 Å². The molecule has 1 heterocycles. The second-order valence-electron chi connectivity index (χ2n) is 6.90. The molecule has 1 amide bonds. The average molecular weight is 530 g/mol. The standard InChI is InChI=1S/C22H32N2O9P2/c1-5-30-34(27,31-6-2)22(35(28,32-7-3)33-8-4)23-21(26)19-15-12-16-20(25)24(19)29-17-18-13-10-9-11-14-18/h9-16,22H,5-8,17H2,1-4H3,(H,23,26). The van der Waals surface area contributed by atoms with E-state index in [2.05, 4.69) is 5.32 Å². The molecule has 0 unspecified atom stereocenters. The summed E-state index contributed by atoms with van der Waals surface area (Å²) in [5.41, 5.74) is -1.86. The summed E-state index contributed by atoms with van der Waals surface area (Å²) in [7, 11) is -8.50. The van der Waals surface area contributed by atoms with E-state index in [9.17, 15) is 18.7 Å². The van der Waals surface area contributed by atoms with Crippen LogP contribution in [0.4, 0.5) is 0 Å². The van der Waals surface area contributed by atoms with Crippen molar-refractivity contribution in [1.29, 1.82) is 0 Å². The van der Waals surface area contributed by atoms with E-state index in [4.69, 9.17) is 22.9 Å². The number of pyridine rings is 1. The van der Waals surface area contributed by atoms with Gasteiger partial charge in [0.1, 0.15) is 12.3 Å². The van der Waals surface area contributed by atoms with Crippen LogP contribution in [0, 0.1) is 0 Å². The predicted molar refractivity (Wildman–Crippen MR) is 130 cm³/mol. The zero-order valence-electron chi connectivity index (χ0n) is 20.2. The van der Waals surface area contributed by atoms with Gasteiger partial charge >= 0.3 is 15.2 Å². The van der Waals surface area contributed by atoms with Crippen molar-refractivity contribution in [2.45, 2.75) is 39.8 Å². The van der Waals surface area contributed by atoms with Crippen molar-refractivity contribution in [2.24, 2.45) is 0 Å². The van der Waals surface area contributed by atoms with Gasteiger partial charge in [-0.25, -0.2) is 0 Å². The van der Waals surface area contributed by atoms with Gasteiger partial charge in [0.05, 0.1) is 26.4 Å². The molecule has 0 saturated heterocycles. The molecule has 1 aromatic heterocycles. The molecule has 0 saturated carbocycles. The van der Waals surface area contributed by atoms with Crippen LogP contribution in [0.1, 0.15) is 43.7 Å². The zero-order chi connectivity index (χ0) is 25.9. The summed E-state index contributed by atoms with van der Waals surface area (Å²) in [6.07, 6.45) is 0. The molecular weight excluding hydrogens is 498 g/mol. The Morgan fingerprint density at radius 2 is 1.34 bits per heavy atom. The van der Waals surface area contributed by atoms with Crippen LogP contribution >= 0.6 is 15.2 Å². The van der Waals surface area contributed by atoms with Gasteiger partial charge in [-0.1, -0.05) is 36.4 Å². The van der Waals surface area contributed by atoms with Crippen LogP contribution in [0.15, 0.2) is 53.3 Å². The lowest BCUT2D eigenvalue weighted by Gasteiger charge is -2.31. The maximum Gasteiger partial charge on any atom is 0.365 e. The molecule has 0 bridgehead atoms. The highest BCUT2D eigenvalue weighted by atomic mass is 31.2. The molecule has 0 aliphatic rings. The summed E-state index contributed by atoms with van der Waals surface area (Å²) in [5, 5.41) is 2.41. The van der Waals surface area contributed by atoms with Crippen LogP contribution in [-0.4, -0.2) is 42.6 Å². The number of benzene rings is 1. The van der Waals surface area contributed by atoms with Crippen LogP contribution in [0.2, 0.25) is 0 Å². The SMILES string of the molecule is CCOP(=O)(OCC)C(NC(=O)c1cccc(=O)n1OCc1ccccc1)P(=O)(OCC)OCC. The molecule has 194 valence electrons. The van der Waals surface area contributed by atoms with E-state index in [1.54, 1.807) is 39.8 Å². The second-order valence-corrected chi connectivity index (χ2v) is 11.5. The predicted octanol–water partition coefficient (Wildman–Crippen LogP) is 4.02. The summed E-state index contributed by atoms with van der Waals surface area (Å²) in [6, 6.07) is 13.0. The number of carbonyl (C=O) groups excluding carboxylic acids is 1. The van der Waals surface area contributed by atoms with Gasteiger partial charge in [0.2, 0.25) is 5.52 Å². The highest BCUT2D eigenvalue weighted by molar-refractivity contribution is 7.72. The lowest BCUT2D eigenvalue weighted by Crippen LogP contribution is -2.41. The fourth-order valence-corrected chi connectivity index (χ4v) is 7.98. The Morgan fingerprint density at radius 1 is 0.829 bits per heavy atom. The number of amides is 1. The molecule has 0 spiro atoms. The maximum atomic E-state index is 13.6. The summed E-state index contributed by atoms with van der Waals surface area (Å²) >= 11 is 0. The molecule has 1 N–H and O–H groups in total. The van der Waals surface area contributed by atoms with Gasteiger partial charge in [0, 0.05) is 6.07 Å². The molecule has 0 radical (unpaired) electrons. The first kappa shape index (κ1) is 29.0. The summed E-state index contributed by atoms with van der Waals surface area (Å²) < 4.78 is 49.5. The molecular formula is C22H32N2O9P2. The van der Waals surface area contributed by atoms with Gasteiger partial charge in [-0.2, -0.15) is 0 Å². The van der Waals surface area contributed by atoms with Gasteiger partial charge in [0.25, 0.3) is 11.5 Å². The number of nitrogens with one attached hydrogen (secondary N) is 1. The van der Waals surface area contributed by atoms with E-state index in [0.29, 0.717) is 0 Å². The molecule has 0 aliphatic carbocycles.